The largest absolute Gasteiger partial charge is 0.368 e. The van der Waals surface area contributed by atoms with Gasteiger partial charge in [0.1, 0.15) is 11.1 Å². The Kier molecular flexibility index (Phi) is 3.16. The van der Waals surface area contributed by atoms with Crippen molar-refractivity contribution in [3.05, 3.63) is 42.2 Å². The van der Waals surface area contributed by atoms with E-state index in [9.17, 15) is 0 Å². The highest BCUT2D eigenvalue weighted by atomic mass is 16.5. The van der Waals surface area contributed by atoms with Crippen LogP contribution in [0, 0.1) is 0 Å². The first-order valence-corrected chi connectivity index (χ1v) is 7.57. The average molecular weight is 310 g/mol. The topological polar surface area (TPSA) is 93.0 Å². The molecule has 0 radical (unpaired) electrons. The molecule has 1 saturated heterocycles. The van der Waals surface area contributed by atoms with Gasteiger partial charge in [-0.05, 0) is 12.5 Å². The lowest BCUT2D eigenvalue weighted by molar-refractivity contribution is -0.0467. The molecule has 118 valence electrons. The van der Waals surface area contributed by atoms with E-state index in [1.807, 2.05) is 18.2 Å². The van der Waals surface area contributed by atoms with Crippen molar-refractivity contribution < 1.29 is 4.74 Å². The molecule has 3 heterocycles. The molecule has 23 heavy (non-hydrogen) atoms. The number of anilines is 2. The van der Waals surface area contributed by atoms with Crippen molar-refractivity contribution in [2.24, 2.45) is 0 Å². The third kappa shape index (κ3) is 2.39. The second-order valence-electron chi connectivity index (χ2n) is 5.87. The van der Waals surface area contributed by atoms with Gasteiger partial charge in [-0.15, -0.1) is 0 Å². The second kappa shape index (κ2) is 5.20. The van der Waals surface area contributed by atoms with Gasteiger partial charge < -0.3 is 20.4 Å². The molecule has 7 heteroatoms. The smallest absolute Gasteiger partial charge is 0.224 e. The van der Waals surface area contributed by atoms with Crippen LogP contribution in [-0.4, -0.2) is 39.6 Å². The lowest BCUT2D eigenvalue weighted by Gasteiger charge is -2.41. The number of nitrogen functional groups attached to an aromatic ring is 1. The highest BCUT2D eigenvalue weighted by Crippen LogP contribution is 2.32. The number of morpholine rings is 1. The number of nitrogens with zero attached hydrogens (tertiary/aromatic N) is 4. The Morgan fingerprint density at radius 2 is 2.09 bits per heavy atom. The van der Waals surface area contributed by atoms with Gasteiger partial charge in [0, 0.05) is 6.54 Å². The molecule has 1 fully saturated rings. The Morgan fingerprint density at radius 1 is 1.26 bits per heavy atom. The molecular weight excluding hydrogens is 292 g/mol. The van der Waals surface area contributed by atoms with Gasteiger partial charge in [0.2, 0.25) is 5.95 Å². The van der Waals surface area contributed by atoms with Crippen molar-refractivity contribution in [3.8, 4) is 0 Å². The van der Waals surface area contributed by atoms with E-state index in [0.717, 1.165) is 23.4 Å². The lowest BCUT2D eigenvalue weighted by atomic mass is 9.94. The predicted molar refractivity (Wildman–Crippen MR) is 88.1 cm³/mol. The predicted octanol–water partition coefficient (Wildman–Crippen LogP) is 1.69. The van der Waals surface area contributed by atoms with Gasteiger partial charge in [0.25, 0.3) is 0 Å². The maximum Gasteiger partial charge on any atom is 0.224 e. The first-order valence-electron chi connectivity index (χ1n) is 7.57. The van der Waals surface area contributed by atoms with Gasteiger partial charge in [0.05, 0.1) is 19.5 Å². The maximum atomic E-state index is 6.08. The van der Waals surface area contributed by atoms with Gasteiger partial charge in [-0.3, -0.25) is 0 Å². The van der Waals surface area contributed by atoms with Gasteiger partial charge in [-0.2, -0.15) is 9.97 Å². The standard InChI is InChI=1S/C16H18N6O/c1-16(11-5-3-2-4-6-11)9-22(7-8-23-16)14-12-13(19-10-18-12)20-15(17)21-14/h2-6,10H,7-9H2,1H3,(H3,17,18,19,20,21)/t16-/m1/s1. The van der Waals surface area contributed by atoms with E-state index in [1.54, 1.807) is 6.33 Å². The number of hydrogen-bond acceptors (Lipinski definition) is 6. The Balaban J connectivity index is 1.73. The van der Waals surface area contributed by atoms with Gasteiger partial charge in [-0.25, -0.2) is 4.98 Å². The fourth-order valence-corrected chi connectivity index (χ4v) is 3.08. The molecule has 0 aliphatic carbocycles. The molecule has 0 unspecified atom stereocenters. The number of nitrogens with one attached hydrogen (secondary N) is 1. The normalized spacial score (nSPS) is 21.7. The summed E-state index contributed by atoms with van der Waals surface area (Å²) < 4.78 is 6.08. The molecule has 3 aromatic rings. The van der Waals surface area contributed by atoms with Crippen LogP contribution in [0.15, 0.2) is 36.7 Å². The summed E-state index contributed by atoms with van der Waals surface area (Å²) in [6.45, 7) is 4.14. The molecule has 0 saturated carbocycles. The van der Waals surface area contributed by atoms with Crippen molar-refractivity contribution in [1.29, 1.82) is 0 Å². The molecule has 3 N–H and O–H groups in total. The van der Waals surface area contributed by atoms with E-state index in [1.165, 1.54) is 0 Å². The number of nitrogens with two attached hydrogens (primary N) is 1. The van der Waals surface area contributed by atoms with Crippen molar-refractivity contribution in [1.82, 2.24) is 19.9 Å². The summed E-state index contributed by atoms with van der Waals surface area (Å²) in [6.07, 6.45) is 1.61. The number of aromatic amines is 1. The summed E-state index contributed by atoms with van der Waals surface area (Å²) in [5, 5.41) is 0. The maximum absolute atomic E-state index is 6.08. The number of H-pyrrole nitrogens is 1. The van der Waals surface area contributed by atoms with Crippen LogP contribution < -0.4 is 10.6 Å². The van der Waals surface area contributed by atoms with E-state index in [0.29, 0.717) is 18.8 Å². The molecular formula is C16H18N6O. The van der Waals surface area contributed by atoms with Crippen molar-refractivity contribution in [2.75, 3.05) is 30.3 Å². The Bertz CT molecular complexity index is 833. The highest BCUT2D eigenvalue weighted by molar-refractivity contribution is 5.84. The summed E-state index contributed by atoms with van der Waals surface area (Å²) in [4.78, 5) is 18.0. The number of hydrogen-bond donors (Lipinski definition) is 2. The number of rotatable bonds is 2. The molecule has 4 rings (SSSR count). The summed E-state index contributed by atoms with van der Waals surface area (Å²) >= 11 is 0. The van der Waals surface area contributed by atoms with E-state index in [-0.39, 0.29) is 5.95 Å². The quantitative estimate of drug-likeness (QED) is 0.748. The molecule has 1 aliphatic rings. The number of aromatic nitrogens is 4. The Morgan fingerprint density at radius 3 is 2.91 bits per heavy atom. The van der Waals surface area contributed by atoms with E-state index < -0.39 is 5.60 Å². The summed E-state index contributed by atoms with van der Waals surface area (Å²) in [7, 11) is 0. The van der Waals surface area contributed by atoms with Crippen molar-refractivity contribution in [3.63, 3.8) is 0 Å². The third-order valence-corrected chi connectivity index (χ3v) is 4.24. The molecule has 0 amide bonds. The molecule has 0 spiro atoms. The minimum Gasteiger partial charge on any atom is -0.368 e. The molecule has 2 aromatic heterocycles. The van der Waals surface area contributed by atoms with E-state index in [2.05, 4.69) is 43.9 Å². The SMILES string of the molecule is C[C@]1(c2ccccc2)CN(c2nc(N)nc3nc[nH]c23)CCO1. The van der Waals surface area contributed by atoms with Gasteiger partial charge in [0.15, 0.2) is 11.5 Å². The lowest BCUT2D eigenvalue weighted by Crippen LogP contribution is -2.48. The van der Waals surface area contributed by atoms with E-state index >= 15 is 0 Å². The van der Waals surface area contributed by atoms with Crippen LogP contribution in [0.25, 0.3) is 11.2 Å². The number of ether oxygens (including phenoxy) is 1. The second-order valence-corrected chi connectivity index (χ2v) is 5.87. The Labute approximate surface area is 133 Å². The third-order valence-electron chi connectivity index (χ3n) is 4.24. The van der Waals surface area contributed by atoms with Crippen LogP contribution >= 0.6 is 0 Å². The highest BCUT2D eigenvalue weighted by Gasteiger charge is 2.35. The number of imidazole rings is 1. The average Bonchev–Trinajstić information content (AvgIpc) is 3.03. The van der Waals surface area contributed by atoms with Crippen LogP contribution in [0.1, 0.15) is 12.5 Å². The minimum absolute atomic E-state index is 0.229. The molecule has 1 aromatic carbocycles. The van der Waals surface area contributed by atoms with E-state index in [4.69, 9.17) is 10.5 Å². The Hall–Kier alpha value is -2.67. The van der Waals surface area contributed by atoms with Gasteiger partial charge >= 0.3 is 0 Å². The van der Waals surface area contributed by atoms with Crippen LogP contribution in [-0.2, 0) is 10.3 Å². The molecule has 1 atom stereocenters. The summed E-state index contributed by atoms with van der Waals surface area (Å²) in [6, 6.07) is 10.2. The number of benzene rings is 1. The molecule has 1 aliphatic heterocycles. The number of fused-ring (bicyclic) bond motifs is 1. The molecule has 7 nitrogen and oxygen atoms in total. The van der Waals surface area contributed by atoms with Crippen LogP contribution in [0.4, 0.5) is 11.8 Å². The first-order chi connectivity index (χ1) is 11.2. The fourth-order valence-electron chi connectivity index (χ4n) is 3.08. The summed E-state index contributed by atoms with van der Waals surface area (Å²) in [5.74, 6) is 1.00. The van der Waals surface area contributed by atoms with Crippen molar-refractivity contribution >= 4 is 22.9 Å². The van der Waals surface area contributed by atoms with Gasteiger partial charge in [-0.1, -0.05) is 30.3 Å². The summed E-state index contributed by atoms with van der Waals surface area (Å²) in [5.41, 5.74) is 7.97. The van der Waals surface area contributed by atoms with Crippen LogP contribution in [0.3, 0.4) is 0 Å². The zero-order chi connectivity index (χ0) is 15.9. The van der Waals surface area contributed by atoms with Crippen molar-refractivity contribution in [2.45, 2.75) is 12.5 Å². The van der Waals surface area contributed by atoms with Crippen LogP contribution in [0.2, 0.25) is 0 Å². The molecule has 0 bridgehead atoms. The zero-order valence-corrected chi connectivity index (χ0v) is 12.9. The monoisotopic (exact) mass is 310 g/mol. The fraction of sp³-hybridized carbons (Fsp3) is 0.312. The minimum atomic E-state index is -0.397. The van der Waals surface area contributed by atoms with Crippen LogP contribution in [0.5, 0.6) is 0 Å². The zero-order valence-electron chi connectivity index (χ0n) is 12.9. The first kappa shape index (κ1) is 14.0.